The van der Waals surface area contributed by atoms with Crippen LogP contribution in [0, 0.1) is 5.82 Å². The van der Waals surface area contributed by atoms with Crippen molar-refractivity contribution >= 4 is 38.6 Å². The number of aromatic nitrogens is 3. The number of rotatable bonds is 7. The SMILES string of the molecule is CCS(=O)(=O)N(Cc1ncc(-c2nnc(C(C)F)o2)s1)c1ccc(F)c(Cl)c1. The zero-order chi connectivity index (χ0) is 20.5. The van der Waals surface area contributed by atoms with Crippen LogP contribution in [0.15, 0.2) is 28.8 Å². The molecule has 0 aliphatic carbocycles. The van der Waals surface area contributed by atoms with E-state index in [0.717, 1.165) is 21.7 Å². The zero-order valence-electron chi connectivity index (χ0n) is 14.8. The fourth-order valence-electron chi connectivity index (χ4n) is 2.25. The first-order valence-corrected chi connectivity index (χ1v) is 10.9. The smallest absolute Gasteiger partial charge is 0.259 e. The van der Waals surface area contributed by atoms with Crippen LogP contribution in [-0.4, -0.2) is 29.4 Å². The van der Waals surface area contributed by atoms with Crippen LogP contribution in [0.5, 0.6) is 0 Å². The fraction of sp³-hybridized carbons (Fsp3) is 0.312. The van der Waals surface area contributed by atoms with Crippen molar-refractivity contribution in [1.82, 2.24) is 15.2 Å². The van der Waals surface area contributed by atoms with Gasteiger partial charge in [0.1, 0.15) is 15.7 Å². The lowest BCUT2D eigenvalue weighted by molar-refractivity contribution is 0.301. The van der Waals surface area contributed by atoms with Crippen LogP contribution in [0.4, 0.5) is 14.5 Å². The summed E-state index contributed by atoms with van der Waals surface area (Å²) in [4.78, 5) is 4.66. The largest absolute Gasteiger partial charge is 0.417 e. The number of alkyl halides is 1. The lowest BCUT2D eigenvalue weighted by Crippen LogP contribution is -2.31. The topological polar surface area (TPSA) is 89.2 Å². The maximum absolute atomic E-state index is 13.5. The van der Waals surface area contributed by atoms with Crippen molar-refractivity contribution in [2.45, 2.75) is 26.6 Å². The van der Waals surface area contributed by atoms with Crippen molar-refractivity contribution in [3.05, 3.63) is 46.1 Å². The van der Waals surface area contributed by atoms with Gasteiger partial charge in [-0.3, -0.25) is 4.31 Å². The molecule has 0 radical (unpaired) electrons. The number of anilines is 1. The molecule has 0 aliphatic rings. The van der Waals surface area contributed by atoms with Gasteiger partial charge in [-0.25, -0.2) is 22.2 Å². The predicted octanol–water partition coefficient (Wildman–Crippen LogP) is 4.37. The molecule has 0 N–H and O–H groups in total. The van der Waals surface area contributed by atoms with E-state index in [0.29, 0.717) is 9.88 Å². The van der Waals surface area contributed by atoms with Crippen LogP contribution in [0.1, 0.15) is 30.9 Å². The first kappa shape index (κ1) is 20.6. The molecule has 28 heavy (non-hydrogen) atoms. The van der Waals surface area contributed by atoms with Crippen molar-refractivity contribution < 1.29 is 21.6 Å². The van der Waals surface area contributed by atoms with Gasteiger partial charge in [0, 0.05) is 0 Å². The summed E-state index contributed by atoms with van der Waals surface area (Å²) in [6.45, 7) is 2.68. The lowest BCUT2D eigenvalue weighted by atomic mass is 10.3. The highest BCUT2D eigenvalue weighted by molar-refractivity contribution is 7.92. The molecule has 0 amide bonds. The predicted molar refractivity (Wildman–Crippen MR) is 102 cm³/mol. The van der Waals surface area contributed by atoms with Gasteiger partial charge < -0.3 is 4.42 Å². The van der Waals surface area contributed by atoms with Gasteiger partial charge in [-0.2, -0.15) is 0 Å². The summed E-state index contributed by atoms with van der Waals surface area (Å²) in [7, 11) is -3.69. The molecule has 2 aromatic heterocycles. The van der Waals surface area contributed by atoms with Gasteiger partial charge in [-0.1, -0.05) is 11.6 Å². The average Bonchev–Trinajstić information content (AvgIpc) is 3.31. The number of sulfonamides is 1. The Labute approximate surface area is 169 Å². The highest BCUT2D eigenvalue weighted by Crippen LogP contribution is 2.31. The maximum Gasteiger partial charge on any atom is 0.259 e. The van der Waals surface area contributed by atoms with Crippen molar-refractivity contribution in [2.24, 2.45) is 0 Å². The van der Waals surface area contributed by atoms with Crippen LogP contribution < -0.4 is 4.31 Å². The second-order valence-electron chi connectivity index (χ2n) is 5.69. The Kier molecular flexibility index (Phi) is 5.96. The van der Waals surface area contributed by atoms with Crippen LogP contribution in [0.3, 0.4) is 0 Å². The standard InChI is InChI=1S/C16H15ClF2N4O3S2/c1-3-28(24,25)23(10-4-5-12(19)11(17)6-10)8-14-20-7-13(27-14)16-22-21-15(26-16)9(2)18/h4-7,9H,3,8H2,1-2H3. The van der Waals surface area contributed by atoms with E-state index in [1.807, 2.05) is 0 Å². The van der Waals surface area contributed by atoms with E-state index in [2.05, 4.69) is 15.2 Å². The van der Waals surface area contributed by atoms with E-state index in [9.17, 15) is 17.2 Å². The number of benzene rings is 1. The normalized spacial score (nSPS) is 12.9. The summed E-state index contributed by atoms with van der Waals surface area (Å²) < 4.78 is 58.1. The summed E-state index contributed by atoms with van der Waals surface area (Å²) in [5.74, 6) is -0.870. The Morgan fingerprint density at radius 3 is 2.71 bits per heavy atom. The molecular formula is C16H15ClF2N4O3S2. The van der Waals surface area contributed by atoms with Crippen LogP contribution in [0.25, 0.3) is 10.8 Å². The summed E-state index contributed by atoms with van der Waals surface area (Å²) in [6.07, 6.45) is 0.0382. The zero-order valence-corrected chi connectivity index (χ0v) is 17.2. The molecule has 1 aromatic carbocycles. The van der Waals surface area contributed by atoms with Gasteiger partial charge in [0.05, 0.1) is 29.2 Å². The third kappa shape index (κ3) is 4.31. The first-order chi connectivity index (χ1) is 13.2. The van der Waals surface area contributed by atoms with Gasteiger partial charge in [-0.05, 0) is 32.0 Å². The summed E-state index contributed by atoms with van der Waals surface area (Å²) in [5.41, 5.74) is 0.219. The van der Waals surface area contributed by atoms with E-state index in [4.69, 9.17) is 16.0 Å². The van der Waals surface area contributed by atoms with E-state index in [1.54, 1.807) is 0 Å². The van der Waals surface area contributed by atoms with Gasteiger partial charge in [0.15, 0.2) is 6.17 Å². The minimum absolute atomic E-state index is 0.0939. The molecule has 0 spiro atoms. The Balaban J connectivity index is 1.91. The minimum Gasteiger partial charge on any atom is -0.417 e. The van der Waals surface area contributed by atoms with Gasteiger partial charge in [0.2, 0.25) is 10.0 Å². The molecule has 0 aliphatic heterocycles. The Morgan fingerprint density at radius 1 is 1.36 bits per heavy atom. The van der Waals surface area contributed by atoms with Crippen molar-refractivity contribution in [1.29, 1.82) is 0 Å². The van der Waals surface area contributed by atoms with Crippen LogP contribution >= 0.6 is 22.9 Å². The quantitative estimate of drug-likeness (QED) is 0.533. The molecule has 7 nitrogen and oxygen atoms in total. The Hall–Kier alpha value is -2.11. The number of halogens is 3. The second-order valence-corrected chi connectivity index (χ2v) is 9.39. The summed E-state index contributed by atoms with van der Waals surface area (Å²) in [5, 5.41) is 7.62. The van der Waals surface area contributed by atoms with E-state index in [1.165, 1.54) is 32.2 Å². The third-order valence-corrected chi connectivity index (χ3v) is 6.72. The number of hydrogen-bond acceptors (Lipinski definition) is 7. The minimum atomic E-state index is -3.69. The highest BCUT2D eigenvalue weighted by atomic mass is 35.5. The molecule has 0 fully saturated rings. The van der Waals surface area contributed by atoms with Gasteiger partial charge in [-0.15, -0.1) is 21.5 Å². The monoisotopic (exact) mass is 448 g/mol. The lowest BCUT2D eigenvalue weighted by Gasteiger charge is -2.23. The molecule has 1 atom stereocenters. The summed E-state index contributed by atoms with van der Waals surface area (Å²) in [6, 6.07) is 3.67. The highest BCUT2D eigenvalue weighted by Gasteiger charge is 2.24. The Morgan fingerprint density at radius 2 is 2.11 bits per heavy atom. The fourth-order valence-corrected chi connectivity index (χ4v) is 4.40. The number of nitrogens with zero attached hydrogens (tertiary/aromatic N) is 4. The van der Waals surface area contributed by atoms with Gasteiger partial charge in [0.25, 0.3) is 11.8 Å². The molecule has 3 aromatic rings. The third-order valence-electron chi connectivity index (χ3n) is 3.72. The van der Waals surface area contributed by atoms with E-state index in [-0.39, 0.29) is 34.8 Å². The second kappa shape index (κ2) is 8.10. The van der Waals surface area contributed by atoms with Crippen molar-refractivity contribution in [2.75, 3.05) is 10.1 Å². The molecule has 150 valence electrons. The molecule has 2 heterocycles. The maximum atomic E-state index is 13.5. The van der Waals surface area contributed by atoms with Crippen molar-refractivity contribution in [3.8, 4) is 10.8 Å². The molecule has 3 rings (SSSR count). The molecular weight excluding hydrogens is 434 g/mol. The van der Waals surface area contributed by atoms with Crippen molar-refractivity contribution in [3.63, 3.8) is 0 Å². The molecule has 0 saturated heterocycles. The molecule has 12 heteroatoms. The van der Waals surface area contributed by atoms with Crippen LogP contribution in [0.2, 0.25) is 5.02 Å². The Bertz CT molecular complexity index is 1090. The molecule has 0 saturated carbocycles. The van der Waals surface area contributed by atoms with E-state index >= 15 is 0 Å². The van der Waals surface area contributed by atoms with E-state index < -0.39 is 22.0 Å². The molecule has 0 bridgehead atoms. The first-order valence-electron chi connectivity index (χ1n) is 8.09. The van der Waals surface area contributed by atoms with Gasteiger partial charge >= 0.3 is 0 Å². The average molecular weight is 449 g/mol. The molecule has 1 unspecified atom stereocenters. The number of hydrogen-bond donors (Lipinski definition) is 0. The van der Waals surface area contributed by atoms with Crippen LogP contribution in [-0.2, 0) is 16.6 Å². The summed E-state index contributed by atoms with van der Waals surface area (Å²) >= 11 is 6.92. The number of thiazole rings is 1.